The molecule has 0 aliphatic carbocycles. The third-order valence-corrected chi connectivity index (χ3v) is 7.70. The number of nitrogens with zero attached hydrogens (tertiary/aromatic N) is 5. The average molecular weight is 501 g/mol. The van der Waals surface area contributed by atoms with Gasteiger partial charge in [0.25, 0.3) is 0 Å². The zero-order valence-corrected chi connectivity index (χ0v) is 21.0. The molecule has 2 aliphatic rings. The van der Waals surface area contributed by atoms with Crippen LogP contribution in [0.1, 0.15) is 12.5 Å². The maximum atomic E-state index is 15.1. The Bertz CT molecular complexity index is 1220. The maximum Gasteiger partial charge on any atom is 0.137 e. The van der Waals surface area contributed by atoms with Gasteiger partial charge in [0.2, 0.25) is 0 Å². The van der Waals surface area contributed by atoms with Gasteiger partial charge in [-0.2, -0.15) is 0 Å². The second-order valence-corrected chi connectivity index (χ2v) is 9.83. The number of fused-ring (bicyclic) bond motifs is 1. The van der Waals surface area contributed by atoms with Crippen molar-refractivity contribution in [3.8, 4) is 0 Å². The molecule has 1 unspecified atom stereocenters. The quantitative estimate of drug-likeness (QED) is 0.511. The van der Waals surface area contributed by atoms with Crippen LogP contribution in [0.2, 0.25) is 0 Å². The first-order valence-electron chi connectivity index (χ1n) is 11.8. The van der Waals surface area contributed by atoms with E-state index in [-0.39, 0.29) is 5.39 Å². The SMILES string of the molecule is CSN1CCN(c2nc3cc(F)cc(F)c3c(Nc3cncc(N4CCOCC4)c3)c2C)CC1C. The van der Waals surface area contributed by atoms with Gasteiger partial charge in [0.1, 0.15) is 17.5 Å². The molecule has 4 heterocycles. The summed E-state index contributed by atoms with van der Waals surface area (Å²) in [5, 5.41) is 3.68. The van der Waals surface area contributed by atoms with Crippen LogP contribution >= 0.6 is 11.9 Å². The molecule has 2 saturated heterocycles. The molecule has 2 aliphatic heterocycles. The number of ether oxygens (including phenoxy) is 1. The molecular weight excluding hydrogens is 470 g/mol. The van der Waals surface area contributed by atoms with Crippen molar-refractivity contribution < 1.29 is 13.5 Å². The van der Waals surface area contributed by atoms with Gasteiger partial charge < -0.3 is 19.9 Å². The molecule has 0 bridgehead atoms. The number of aromatic nitrogens is 2. The molecule has 186 valence electrons. The van der Waals surface area contributed by atoms with Crippen LogP contribution in [-0.2, 0) is 4.74 Å². The molecule has 35 heavy (non-hydrogen) atoms. The van der Waals surface area contributed by atoms with E-state index >= 15 is 4.39 Å². The summed E-state index contributed by atoms with van der Waals surface area (Å²) in [4.78, 5) is 13.6. The first kappa shape index (κ1) is 24.0. The van der Waals surface area contributed by atoms with E-state index in [2.05, 4.69) is 37.6 Å². The van der Waals surface area contributed by atoms with E-state index in [9.17, 15) is 4.39 Å². The summed E-state index contributed by atoms with van der Waals surface area (Å²) in [6, 6.07) is 4.54. The van der Waals surface area contributed by atoms with Crippen LogP contribution in [0.25, 0.3) is 10.9 Å². The fourth-order valence-corrected chi connectivity index (χ4v) is 5.59. The van der Waals surface area contributed by atoms with Gasteiger partial charge in [-0.15, -0.1) is 0 Å². The Balaban J connectivity index is 1.56. The highest BCUT2D eigenvalue weighted by molar-refractivity contribution is 7.96. The van der Waals surface area contributed by atoms with Crippen LogP contribution in [-0.4, -0.2) is 72.5 Å². The topological polar surface area (TPSA) is 56.8 Å². The molecule has 2 aromatic heterocycles. The lowest BCUT2D eigenvalue weighted by molar-refractivity contribution is 0.122. The van der Waals surface area contributed by atoms with E-state index in [1.165, 1.54) is 6.07 Å². The molecule has 1 aromatic carbocycles. The average Bonchev–Trinajstić information content (AvgIpc) is 2.86. The van der Waals surface area contributed by atoms with Crippen molar-refractivity contribution in [1.29, 1.82) is 0 Å². The monoisotopic (exact) mass is 500 g/mol. The summed E-state index contributed by atoms with van der Waals surface area (Å²) in [6.07, 6.45) is 5.62. The lowest BCUT2D eigenvalue weighted by Crippen LogP contribution is -2.49. The zero-order valence-electron chi connectivity index (χ0n) is 20.2. The summed E-state index contributed by atoms with van der Waals surface area (Å²) in [6.45, 7) is 9.51. The van der Waals surface area contributed by atoms with Crippen molar-refractivity contribution in [3.63, 3.8) is 0 Å². The van der Waals surface area contributed by atoms with Gasteiger partial charge in [-0.05, 0) is 26.2 Å². The van der Waals surface area contributed by atoms with Crippen LogP contribution in [0.15, 0.2) is 30.6 Å². The molecule has 2 fully saturated rings. The number of pyridine rings is 2. The van der Waals surface area contributed by atoms with Crippen molar-refractivity contribution in [2.45, 2.75) is 19.9 Å². The summed E-state index contributed by atoms with van der Waals surface area (Å²) in [5.41, 5.74) is 3.42. The fraction of sp³-hybridized carbons (Fsp3) is 0.440. The number of anilines is 4. The van der Waals surface area contributed by atoms with Gasteiger partial charge in [-0.3, -0.25) is 4.98 Å². The molecule has 7 nitrogen and oxygen atoms in total. The van der Waals surface area contributed by atoms with E-state index in [1.54, 1.807) is 18.1 Å². The first-order chi connectivity index (χ1) is 16.9. The third kappa shape index (κ3) is 4.87. The Morgan fingerprint density at radius 1 is 1.06 bits per heavy atom. The minimum atomic E-state index is -0.639. The highest BCUT2D eigenvalue weighted by Crippen LogP contribution is 2.37. The highest BCUT2D eigenvalue weighted by atomic mass is 32.2. The second kappa shape index (κ2) is 10.1. The van der Waals surface area contributed by atoms with Gasteiger partial charge in [0.15, 0.2) is 0 Å². The van der Waals surface area contributed by atoms with Gasteiger partial charge in [-0.1, -0.05) is 11.9 Å². The summed E-state index contributed by atoms with van der Waals surface area (Å²) in [7, 11) is 0. The molecule has 5 rings (SSSR count). The zero-order chi connectivity index (χ0) is 24.5. The number of halogens is 2. The van der Waals surface area contributed by atoms with E-state index in [0.717, 1.165) is 61.5 Å². The number of hydrogen-bond acceptors (Lipinski definition) is 8. The fourth-order valence-electron chi connectivity index (χ4n) is 4.90. The molecular formula is C25H30F2N6OS. The van der Waals surface area contributed by atoms with Crippen molar-refractivity contribution in [2.24, 2.45) is 0 Å². The molecule has 3 aromatic rings. The molecule has 0 amide bonds. The Labute approximate surface area is 208 Å². The third-order valence-electron chi connectivity index (χ3n) is 6.69. The van der Waals surface area contributed by atoms with Crippen LogP contribution in [0.3, 0.4) is 0 Å². The largest absolute Gasteiger partial charge is 0.378 e. The minimum Gasteiger partial charge on any atom is -0.378 e. The predicted molar refractivity (Wildman–Crippen MR) is 139 cm³/mol. The normalized spacial score (nSPS) is 19.4. The maximum absolute atomic E-state index is 15.1. The van der Waals surface area contributed by atoms with Crippen LogP contribution < -0.4 is 15.1 Å². The van der Waals surface area contributed by atoms with Crippen molar-refractivity contribution in [3.05, 3.63) is 47.8 Å². The Hall–Kier alpha value is -2.69. The lowest BCUT2D eigenvalue weighted by atomic mass is 10.1. The highest BCUT2D eigenvalue weighted by Gasteiger charge is 2.27. The van der Waals surface area contributed by atoms with Crippen molar-refractivity contribution >= 4 is 45.7 Å². The van der Waals surface area contributed by atoms with E-state index < -0.39 is 11.6 Å². The van der Waals surface area contributed by atoms with Gasteiger partial charge in [0, 0.05) is 56.5 Å². The summed E-state index contributed by atoms with van der Waals surface area (Å²) in [5.74, 6) is -0.530. The molecule has 1 atom stereocenters. The lowest BCUT2D eigenvalue weighted by Gasteiger charge is -2.39. The predicted octanol–water partition coefficient (Wildman–Crippen LogP) is 4.59. The number of nitrogens with one attached hydrogen (secondary N) is 1. The first-order valence-corrected chi connectivity index (χ1v) is 13.0. The summed E-state index contributed by atoms with van der Waals surface area (Å²) >= 11 is 1.74. The molecule has 10 heteroatoms. The Morgan fingerprint density at radius 2 is 1.86 bits per heavy atom. The van der Waals surface area contributed by atoms with Crippen LogP contribution in [0.5, 0.6) is 0 Å². The number of piperazine rings is 1. The van der Waals surface area contributed by atoms with Crippen molar-refractivity contribution in [1.82, 2.24) is 14.3 Å². The van der Waals surface area contributed by atoms with Crippen molar-refractivity contribution in [2.75, 3.05) is 67.3 Å². The minimum absolute atomic E-state index is 0.278. The molecule has 0 spiro atoms. The number of benzene rings is 1. The second-order valence-electron chi connectivity index (χ2n) is 8.99. The molecule has 0 saturated carbocycles. The molecule has 0 radical (unpaired) electrons. The Morgan fingerprint density at radius 3 is 2.60 bits per heavy atom. The number of morpholine rings is 1. The Kier molecular flexibility index (Phi) is 6.95. The smallest absolute Gasteiger partial charge is 0.137 e. The standard InChI is InChI=1S/C25H30F2N6OS/c1-16-15-32(4-5-33(16)35-3)25-17(2)24(23-21(27)10-18(26)11-22(23)30-25)29-19-12-20(14-28-13-19)31-6-8-34-9-7-31/h10-14,16H,4-9,15H2,1-3H3,(H,29,30). The number of hydrogen-bond donors (Lipinski definition) is 1. The summed E-state index contributed by atoms with van der Waals surface area (Å²) < 4.78 is 37.1. The van der Waals surface area contributed by atoms with Crippen LogP contribution in [0, 0.1) is 18.6 Å². The number of rotatable bonds is 5. The van der Waals surface area contributed by atoms with E-state index in [1.807, 2.05) is 19.2 Å². The van der Waals surface area contributed by atoms with Crippen LogP contribution in [0.4, 0.5) is 31.7 Å². The molecule has 1 N–H and O–H groups in total. The van der Waals surface area contributed by atoms with E-state index in [0.29, 0.717) is 30.5 Å². The van der Waals surface area contributed by atoms with Gasteiger partial charge in [0.05, 0.1) is 53.6 Å². The van der Waals surface area contributed by atoms with E-state index in [4.69, 9.17) is 9.72 Å². The van der Waals surface area contributed by atoms with Gasteiger partial charge in [-0.25, -0.2) is 18.1 Å². The van der Waals surface area contributed by atoms with Gasteiger partial charge >= 0.3 is 0 Å².